The summed E-state index contributed by atoms with van der Waals surface area (Å²) in [4.78, 5) is 24.6. The monoisotopic (exact) mass is 498 g/mol. The van der Waals surface area contributed by atoms with E-state index in [2.05, 4.69) is 4.74 Å². The van der Waals surface area contributed by atoms with Crippen LogP contribution >= 0.6 is 11.3 Å². The Morgan fingerprint density at radius 3 is 2.40 bits per heavy atom. The smallest absolute Gasteiger partial charge is 0.417 e. The van der Waals surface area contributed by atoms with Crippen LogP contribution in [0.2, 0.25) is 0 Å². The molecule has 9 heteroatoms. The number of hydrogen-bond donors (Lipinski definition) is 1. The first-order valence-corrected chi connectivity index (χ1v) is 11.0. The Labute approximate surface area is 201 Å². The van der Waals surface area contributed by atoms with Crippen molar-refractivity contribution in [1.29, 1.82) is 0 Å². The number of ether oxygens (including phenoxy) is 2. The third-order valence-electron chi connectivity index (χ3n) is 5.02. The maximum Gasteiger partial charge on any atom is 0.417 e. The van der Waals surface area contributed by atoms with E-state index in [9.17, 15) is 27.9 Å². The number of carbonyl (C=O) groups is 2. The first-order valence-electron chi connectivity index (χ1n) is 10.2. The van der Waals surface area contributed by atoms with E-state index < -0.39 is 29.1 Å². The van der Waals surface area contributed by atoms with Gasteiger partial charge in [-0.1, -0.05) is 30.3 Å². The molecular weight excluding hydrogens is 481 g/mol. The number of phenolic OH excluding ortho intramolecular Hbond substituents is 1. The zero-order valence-electron chi connectivity index (χ0n) is 18.1. The summed E-state index contributed by atoms with van der Waals surface area (Å²) in [6, 6.07) is 15.4. The number of hydrogen-bond acceptors (Lipinski definition) is 6. The minimum absolute atomic E-state index is 0.0306. The molecule has 0 aliphatic rings. The van der Waals surface area contributed by atoms with Crippen LogP contribution in [-0.2, 0) is 15.7 Å². The Balaban J connectivity index is 1.76. The maximum atomic E-state index is 13.6. The Hall–Kier alpha value is -4.11. The van der Waals surface area contributed by atoms with Crippen molar-refractivity contribution in [3.63, 3.8) is 0 Å². The molecule has 0 fully saturated rings. The first-order chi connectivity index (χ1) is 16.7. The number of fused-ring (bicyclic) bond motifs is 1. The standard InChI is InChI=1S/C26H17F3O5S/c1-33-22(31)13-8-15-6-10-17(11-7-15)34-24-19-12-9-16(30)14-21(19)35-25(24)23(32)18-4-2-3-5-20(18)26(27,28)29/h2-14,30H,1H3/b13-8+. The van der Waals surface area contributed by atoms with Crippen LogP contribution < -0.4 is 4.74 Å². The van der Waals surface area contributed by atoms with Gasteiger partial charge in [0.15, 0.2) is 5.75 Å². The number of thiophene rings is 1. The topological polar surface area (TPSA) is 72.8 Å². The molecule has 3 aromatic carbocycles. The van der Waals surface area contributed by atoms with Gasteiger partial charge in [0.05, 0.1) is 12.7 Å². The predicted molar refractivity (Wildman–Crippen MR) is 126 cm³/mol. The molecule has 5 nitrogen and oxygen atoms in total. The van der Waals surface area contributed by atoms with Crippen molar-refractivity contribution in [2.75, 3.05) is 7.11 Å². The molecule has 0 unspecified atom stereocenters. The lowest BCUT2D eigenvalue weighted by Crippen LogP contribution is -2.13. The van der Waals surface area contributed by atoms with Crippen molar-refractivity contribution in [2.45, 2.75) is 6.18 Å². The first kappa shape index (κ1) is 24.0. The highest BCUT2D eigenvalue weighted by Crippen LogP contribution is 2.44. The molecule has 178 valence electrons. The second-order valence-corrected chi connectivity index (χ2v) is 8.39. The number of halogens is 3. The number of carbonyl (C=O) groups excluding carboxylic acids is 2. The lowest BCUT2D eigenvalue weighted by molar-refractivity contribution is -0.138. The molecule has 0 radical (unpaired) electrons. The van der Waals surface area contributed by atoms with Crippen molar-refractivity contribution in [3.05, 3.63) is 94.4 Å². The molecule has 0 atom stereocenters. The van der Waals surface area contributed by atoms with Gasteiger partial charge in [0.25, 0.3) is 0 Å². The van der Waals surface area contributed by atoms with Gasteiger partial charge in [-0.25, -0.2) is 4.79 Å². The average molecular weight is 498 g/mol. The van der Waals surface area contributed by atoms with E-state index in [1.165, 1.54) is 43.5 Å². The highest BCUT2D eigenvalue weighted by atomic mass is 32.1. The minimum atomic E-state index is -4.71. The van der Waals surface area contributed by atoms with Crippen LogP contribution in [0.25, 0.3) is 16.2 Å². The lowest BCUT2D eigenvalue weighted by atomic mass is 10.0. The van der Waals surface area contributed by atoms with Crippen LogP contribution in [0.1, 0.15) is 26.4 Å². The average Bonchev–Trinajstić information content (AvgIpc) is 3.19. The normalized spacial score (nSPS) is 11.7. The Bertz CT molecular complexity index is 1440. The van der Waals surface area contributed by atoms with Crippen LogP contribution in [0.3, 0.4) is 0 Å². The summed E-state index contributed by atoms with van der Waals surface area (Å²) in [5.74, 6) is -0.996. The van der Waals surface area contributed by atoms with Gasteiger partial charge in [-0.2, -0.15) is 13.2 Å². The van der Waals surface area contributed by atoms with Gasteiger partial charge in [-0.3, -0.25) is 4.79 Å². The largest absolute Gasteiger partial charge is 0.508 e. The van der Waals surface area contributed by atoms with Crippen LogP contribution in [0.5, 0.6) is 17.2 Å². The molecule has 0 spiro atoms. The summed E-state index contributed by atoms with van der Waals surface area (Å²) < 4.78 is 51.7. The molecule has 4 rings (SSSR count). The van der Waals surface area contributed by atoms with Gasteiger partial charge >= 0.3 is 12.1 Å². The summed E-state index contributed by atoms with van der Waals surface area (Å²) >= 11 is 0.932. The van der Waals surface area contributed by atoms with E-state index in [-0.39, 0.29) is 16.4 Å². The number of phenols is 1. The number of benzene rings is 3. The van der Waals surface area contributed by atoms with E-state index in [1.54, 1.807) is 30.3 Å². The SMILES string of the molecule is COC(=O)/C=C/c1ccc(Oc2c(C(=O)c3ccccc3C(F)(F)F)sc3cc(O)ccc23)cc1. The van der Waals surface area contributed by atoms with E-state index in [4.69, 9.17) is 4.74 Å². The molecule has 0 saturated heterocycles. The highest BCUT2D eigenvalue weighted by molar-refractivity contribution is 7.21. The van der Waals surface area contributed by atoms with E-state index >= 15 is 0 Å². The zero-order chi connectivity index (χ0) is 25.2. The molecule has 0 amide bonds. The third-order valence-corrected chi connectivity index (χ3v) is 6.16. The van der Waals surface area contributed by atoms with Crippen LogP contribution in [0, 0.1) is 0 Å². The second kappa shape index (κ2) is 9.63. The Morgan fingerprint density at radius 1 is 1.00 bits per heavy atom. The number of aromatic hydroxyl groups is 1. The van der Waals surface area contributed by atoms with Gasteiger partial charge in [0.2, 0.25) is 5.78 Å². The summed E-state index contributed by atoms with van der Waals surface area (Å²) in [6.45, 7) is 0. The molecule has 0 saturated carbocycles. The molecular formula is C26H17F3O5S. The minimum Gasteiger partial charge on any atom is -0.508 e. The van der Waals surface area contributed by atoms with Gasteiger partial charge in [-0.15, -0.1) is 11.3 Å². The number of esters is 1. The van der Waals surface area contributed by atoms with Crippen molar-refractivity contribution >= 4 is 39.3 Å². The zero-order valence-corrected chi connectivity index (χ0v) is 18.9. The highest BCUT2D eigenvalue weighted by Gasteiger charge is 2.36. The Kier molecular flexibility index (Phi) is 6.61. The fraction of sp³-hybridized carbons (Fsp3) is 0.0769. The number of ketones is 1. The second-order valence-electron chi connectivity index (χ2n) is 7.34. The molecule has 35 heavy (non-hydrogen) atoms. The van der Waals surface area contributed by atoms with Crippen molar-refractivity contribution in [1.82, 2.24) is 0 Å². The summed E-state index contributed by atoms with van der Waals surface area (Å²) in [6.07, 6.45) is -1.92. The molecule has 1 aromatic heterocycles. The fourth-order valence-corrected chi connectivity index (χ4v) is 4.48. The lowest BCUT2D eigenvalue weighted by Gasteiger charge is -2.12. The molecule has 1 heterocycles. The van der Waals surface area contributed by atoms with Crippen LogP contribution in [-0.4, -0.2) is 24.0 Å². The van der Waals surface area contributed by atoms with Gasteiger partial charge in [0.1, 0.15) is 16.4 Å². The quantitative estimate of drug-likeness (QED) is 0.179. The molecule has 0 aliphatic heterocycles. The summed E-state index contributed by atoms with van der Waals surface area (Å²) in [5.41, 5.74) is -0.861. The van der Waals surface area contributed by atoms with E-state index in [0.29, 0.717) is 21.4 Å². The van der Waals surface area contributed by atoms with E-state index in [1.807, 2.05) is 0 Å². The Morgan fingerprint density at radius 2 is 1.71 bits per heavy atom. The van der Waals surface area contributed by atoms with Crippen molar-refractivity contribution in [2.24, 2.45) is 0 Å². The van der Waals surface area contributed by atoms with Gasteiger partial charge in [0, 0.05) is 21.7 Å². The van der Waals surface area contributed by atoms with Gasteiger partial charge in [-0.05, 0) is 48.0 Å². The number of methoxy groups -OCH3 is 1. The van der Waals surface area contributed by atoms with Crippen molar-refractivity contribution in [3.8, 4) is 17.2 Å². The summed E-state index contributed by atoms with van der Waals surface area (Å²) in [5, 5.41) is 10.3. The number of rotatable bonds is 6. The fourth-order valence-electron chi connectivity index (χ4n) is 3.36. The number of alkyl halides is 3. The maximum absolute atomic E-state index is 13.6. The van der Waals surface area contributed by atoms with Crippen molar-refractivity contribution < 1.29 is 37.3 Å². The molecule has 4 aromatic rings. The van der Waals surface area contributed by atoms with E-state index in [0.717, 1.165) is 23.5 Å². The predicted octanol–water partition coefficient (Wildman–Crippen LogP) is 6.84. The summed E-state index contributed by atoms with van der Waals surface area (Å²) in [7, 11) is 1.26. The molecule has 0 bridgehead atoms. The molecule has 1 N–H and O–H groups in total. The van der Waals surface area contributed by atoms with Gasteiger partial charge < -0.3 is 14.6 Å². The third kappa shape index (κ3) is 5.20. The van der Waals surface area contributed by atoms with Crippen LogP contribution in [0.15, 0.2) is 72.8 Å². The molecule has 0 aliphatic carbocycles. The van der Waals surface area contributed by atoms with Crippen LogP contribution in [0.4, 0.5) is 13.2 Å².